The highest BCUT2D eigenvalue weighted by molar-refractivity contribution is 7.89. The van der Waals surface area contributed by atoms with E-state index in [9.17, 15) is 8.42 Å². The molecule has 2 N–H and O–H groups in total. The number of nitrogens with two attached hydrogens (primary N) is 1. The third-order valence-corrected chi connectivity index (χ3v) is 5.99. The summed E-state index contributed by atoms with van der Waals surface area (Å²) in [5.74, 6) is 0.830. The number of pyridine rings is 1. The fourth-order valence-corrected chi connectivity index (χ4v) is 4.81. The summed E-state index contributed by atoms with van der Waals surface area (Å²) in [7, 11) is -3.45. The molecule has 112 valence electrons. The third-order valence-electron chi connectivity index (χ3n) is 4.02. The zero-order valence-corrected chi connectivity index (χ0v) is 13.0. The van der Waals surface area contributed by atoms with Crippen LogP contribution in [0.4, 0.5) is 5.82 Å². The summed E-state index contributed by atoms with van der Waals surface area (Å²) in [6.45, 7) is 4.63. The van der Waals surface area contributed by atoms with Crippen LogP contribution < -0.4 is 5.73 Å². The van der Waals surface area contributed by atoms with Crippen molar-refractivity contribution in [1.29, 1.82) is 0 Å². The van der Waals surface area contributed by atoms with Crippen molar-refractivity contribution in [3.63, 3.8) is 0 Å². The number of nitrogens with zero attached hydrogens (tertiary/aromatic N) is 2. The number of sulfonamides is 1. The van der Waals surface area contributed by atoms with Crippen molar-refractivity contribution in [1.82, 2.24) is 9.29 Å². The Hall–Kier alpha value is -1.66. The Balaban J connectivity index is 2.05. The van der Waals surface area contributed by atoms with Crippen molar-refractivity contribution in [3.8, 4) is 0 Å². The zero-order chi connectivity index (χ0) is 15.2. The van der Waals surface area contributed by atoms with Gasteiger partial charge in [0.15, 0.2) is 0 Å². The minimum absolute atomic E-state index is 0.0465. The molecule has 1 aliphatic heterocycles. The highest BCUT2D eigenvalue weighted by atomic mass is 32.2. The molecule has 1 saturated heterocycles. The molecule has 0 saturated carbocycles. The van der Waals surface area contributed by atoms with Gasteiger partial charge in [-0.2, -0.15) is 4.31 Å². The van der Waals surface area contributed by atoms with Crippen LogP contribution in [0.5, 0.6) is 0 Å². The minimum atomic E-state index is -3.45. The van der Waals surface area contributed by atoms with Gasteiger partial charge in [0.05, 0.1) is 10.4 Å². The van der Waals surface area contributed by atoms with E-state index >= 15 is 0 Å². The summed E-state index contributed by atoms with van der Waals surface area (Å²) < 4.78 is 27.2. The topological polar surface area (TPSA) is 76.3 Å². The average Bonchev–Trinajstić information content (AvgIpc) is 2.77. The molecule has 1 fully saturated rings. The van der Waals surface area contributed by atoms with Crippen molar-refractivity contribution < 1.29 is 8.42 Å². The van der Waals surface area contributed by atoms with Crippen LogP contribution in [0, 0.1) is 5.92 Å². The van der Waals surface area contributed by atoms with E-state index in [1.807, 2.05) is 6.92 Å². The summed E-state index contributed by atoms with van der Waals surface area (Å²) >= 11 is 0. The number of fused-ring (bicyclic) bond motifs is 1. The second-order valence-electron chi connectivity index (χ2n) is 5.86. The second-order valence-corrected chi connectivity index (χ2v) is 7.75. The number of nitrogen functional groups attached to an aromatic ring is 1. The van der Waals surface area contributed by atoms with Gasteiger partial charge in [0.1, 0.15) is 5.82 Å². The van der Waals surface area contributed by atoms with E-state index in [0.717, 1.165) is 11.8 Å². The monoisotopic (exact) mass is 305 g/mol. The second kappa shape index (κ2) is 4.96. The largest absolute Gasteiger partial charge is 0.384 e. The fraction of sp³-hybridized carbons (Fsp3) is 0.400. The van der Waals surface area contributed by atoms with Crippen molar-refractivity contribution in [2.45, 2.75) is 31.2 Å². The molecule has 0 spiro atoms. The maximum Gasteiger partial charge on any atom is 0.243 e. The molecule has 2 aromatic rings. The van der Waals surface area contributed by atoms with Gasteiger partial charge in [-0.15, -0.1) is 0 Å². The first-order valence-electron chi connectivity index (χ1n) is 7.06. The van der Waals surface area contributed by atoms with E-state index in [1.54, 1.807) is 34.6 Å². The van der Waals surface area contributed by atoms with Crippen LogP contribution in [0.25, 0.3) is 10.9 Å². The first-order chi connectivity index (χ1) is 9.88. The molecule has 2 heterocycles. The van der Waals surface area contributed by atoms with Gasteiger partial charge in [-0.25, -0.2) is 13.4 Å². The van der Waals surface area contributed by atoms with E-state index in [4.69, 9.17) is 5.73 Å². The first-order valence-corrected chi connectivity index (χ1v) is 8.50. The Bertz CT molecular complexity index is 789. The highest BCUT2D eigenvalue weighted by Gasteiger charge is 2.36. The van der Waals surface area contributed by atoms with Crippen molar-refractivity contribution in [2.75, 3.05) is 12.3 Å². The predicted octanol–water partition coefficient (Wildman–Crippen LogP) is 2.24. The van der Waals surface area contributed by atoms with Crippen LogP contribution in [-0.2, 0) is 10.0 Å². The van der Waals surface area contributed by atoms with Gasteiger partial charge in [0.25, 0.3) is 0 Å². The van der Waals surface area contributed by atoms with Gasteiger partial charge in [0.2, 0.25) is 10.0 Å². The molecule has 3 rings (SSSR count). The van der Waals surface area contributed by atoms with Gasteiger partial charge < -0.3 is 5.73 Å². The molecule has 0 bridgehead atoms. The van der Waals surface area contributed by atoms with Crippen LogP contribution in [0.15, 0.2) is 35.2 Å². The highest BCUT2D eigenvalue weighted by Crippen LogP contribution is 2.30. The predicted molar refractivity (Wildman–Crippen MR) is 83.3 cm³/mol. The zero-order valence-electron chi connectivity index (χ0n) is 12.2. The molecule has 2 unspecified atom stereocenters. The fourth-order valence-electron chi connectivity index (χ4n) is 3.01. The maximum atomic E-state index is 12.8. The Morgan fingerprint density at radius 3 is 2.67 bits per heavy atom. The van der Waals surface area contributed by atoms with Gasteiger partial charge in [0, 0.05) is 18.0 Å². The third kappa shape index (κ3) is 2.49. The molecule has 2 atom stereocenters. The molecule has 0 amide bonds. The number of anilines is 1. The average molecular weight is 305 g/mol. The van der Waals surface area contributed by atoms with E-state index < -0.39 is 10.0 Å². The molecule has 1 aliphatic rings. The van der Waals surface area contributed by atoms with E-state index in [-0.39, 0.29) is 6.04 Å². The van der Waals surface area contributed by atoms with Crippen molar-refractivity contribution in [2.24, 2.45) is 5.92 Å². The Labute approximate surface area is 124 Å². The van der Waals surface area contributed by atoms with E-state index in [1.165, 1.54) is 0 Å². The van der Waals surface area contributed by atoms with E-state index in [0.29, 0.717) is 28.7 Å². The molecule has 1 aromatic carbocycles. The molecule has 21 heavy (non-hydrogen) atoms. The minimum Gasteiger partial charge on any atom is -0.384 e. The van der Waals surface area contributed by atoms with Crippen molar-refractivity contribution in [3.05, 3.63) is 30.3 Å². The standard InChI is InChI=1S/C15H19N3O2S/c1-10-7-11(2)18(9-10)21(19,20)13-4-5-14-12(8-13)3-6-15(16)17-14/h3-6,8,10-11H,7,9H2,1-2H3,(H2,16,17). The van der Waals surface area contributed by atoms with Crippen LogP contribution >= 0.6 is 0 Å². The molecule has 5 nitrogen and oxygen atoms in total. The number of aromatic nitrogens is 1. The summed E-state index contributed by atoms with van der Waals surface area (Å²) in [4.78, 5) is 4.51. The maximum absolute atomic E-state index is 12.8. The number of hydrogen-bond acceptors (Lipinski definition) is 4. The van der Waals surface area contributed by atoms with Gasteiger partial charge in [-0.05, 0) is 49.6 Å². The molecular weight excluding hydrogens is 286 g/mol. The lowest BCUT2D eigenvalue weighted by atomic mass is 10.1. The summed E-state index contributed by atoms with van der Waals surface area (Å²) in [5, 5.41) is 0.783. The lowest BCUT2D eigenvalue weighted by Crippen LogP contribution is -2.33. The number of rotatable bonds is 2. The lowest BCUT2D eigenvalue weighted by molar-refractivity contribution is 0.405. The quantitative estimate of drug-likeness (QED) is 0.923. The molecule has 0 aliphatic carbocycles. The van der Waals surface area contributed by atoms with Crippen LogP contribution in [-0.4, -0.2) is 30.3 Å². The van der Waals surface area contributed by atoms with Gasteiger partial charge in [-0.3, -0.25) is 0 Å². The van der Waals surface area contributed by atoms with E-state index in [2.05, 4.69) is 11.9 Å². The Morgan fingerprint density at radius 1 is 1.24 bits per heavy atom. The molecule has 0 radical (unpaired) electrons. The normalized spacial score (nSPS) is 23.7. The molecule has 1 aromatic heterocycles. The Kier molecular flexibility index (Phi) is 3.37. The van der Waals surface area contributed by atoms with Gasteiger partial charge >= 0.3 is 0 Å². The number of benzene rings is 1. The van der Waals surface area contributed by atoms with Crippen LogP contribution in [0.3, 0.4) is 0 Å². The Morgan fingerprint density at radius 2 is 2.00 bits per heavy atom. The van der Waals surface area contributed by atoms with Crippen molar-refractivity contribution >= 4 is 26.7 Å². The smallest absolute Gasteiger partial charge is 0.243 e. The van der Waals surface area contributed by atoms with Gasteiger partial charge in [-0.1, -0.05) is 6.92 Å². The lowest BCUT2D eigenvalue weighted by Gasteiger charge is -2.21. The van der Waals surface area contributed by atoms with Crippen LogP contribution in [0.2, 0.25) is 0 Å². The first kappa shape index (κ1) is 14.3. The van der Waals surface area contributed by atoms with Crippen LogP contribution in [0.1, 0.15) is 20.3 Å². The summed E-state index contributed by atoms with van der Waals surface area (Å²) in [6, 6.07) is 8.52. The summed E-state index contributed by atoms with van der Waals surface area (Å²) in [5.41, 5.74) is 6.35. The SMILES string of the molecule is CC1CC(C)N(S(=O)(=O)c2ccc3nc(N)ccc3c2)C1. The number of hydrogen-bond donors (Lipinski definition) is 1. The molecular formula is C15H19N3O2S. The molecule has 6 heteroatoms. The summed E-state index contributed by atoms with van der Waals surface area (Å²) in [6.07, 6.45) is 0.908.